The van der Waals surface area contributed by atoms with Gasteiger partial charge < -0.3 is 15.0 Å². The van der Waals surface area contributed by atoms with E-state index in [4.69, 9.17) is 16.2 Å². The Labute approximate surface area is 199 Å². The van der Waals surface area contributed by atoms with Gasteiger partial charge in [0.1, 0.15) is 6.04 Å². The monoisotopic (exact) mass is 463 g/mol. The zero-order valence-corrected chi connectivity index (χ0v) is 20.1. The Morgan fingerprint density at radius 1 is 1.33 bits per heavy atom. The molecule has 0 aliphatic carbocycles. The largest absolute Gasteiger partial charge is 0.463 e. The number of amidine groups is 1. The molecule has 33 heavy (non-hydrogen) atoms. The summed E-state index contributed by atoms with van der Waals surface area (Å²) < 4.78 is 5.50. The van der Waals surface area contributed by atoms with Crippen molar-refractivity contribution in [1.82, 2.24) is 20.1 Å². The van der Waals surface area contributed by atoms with Crippen LogP contribution in [0.2, 0.25) is 0 Å². The molecule has 4 rings (SSSR count). The van der Waals surface area contributed by atoms with Crippen molar-refractivity contribution in [2.45, 2.75) is 19.9 Å². The van der Waals surface area contributed by atoms with Crippen molar-refractivity contribution in [3.05, 3.63) is 62.7 Å². The lowest BCUT2D eigenvalue weighted by Gasteiger charge is -2.35. The number of nitrogens with zero attached hydrogens (tertiary/aromatic N) is 4. The molecule has 1 aromatic carbocycles. The quantitative estimate of drug-likeness (QED) is 0.525. The molecule has 172 valence electrons. The van der Waals surface area contributed by atoms with E-state index in [-0.39, 0.29) is 12.6 Å². The number of hydrogen-bond donors (Lipinski definition) is 1. The Kier molecular flexibility index (Phi) is 7.23. The van der Waals surface area contributed by atoms with Gasteiger partial charge in [-0.15, -0.1) is 17.8 Å². The maximum atomic E-state index is 13.3. The van der Waals surface area contributed by atoms with Crippen molar-refractivity contribution < 1.29 is 9.53 Å². The molecule has 2 aliphatic heterocycles. The second-order valence-electron chi connectivity index (χ2n) is 8.27. The van der Waals surface area contributed by atoms with Gasteiger partial charge in [0.25, 0.3) is 0 Å². The topological polar surface area (TPSA) is 70.1 Å². The number of thiazole rings is 1. The van der Waals surface area contributed by atoms with Gasteiger partial charge in [0.05, 0.1) is 12.2 Å². The third-order valence-corrected chi connectivity index (χ3v) is 6.67. The third kappa shape index (κ3) is 5.17. The van der Waals surface area contributed by atoms with E-state index < -0.39 is 6.04 Å². The predicted molar refractivity (Wildman–Crippen MR) is 131 cm³/mol. The highest BCUT2D eigenvalue weighted by Crippen LogP contribution is 2.35. The second-order valence-corrected chi connectivity index (χ2v) is 9.16. The number of piperazine rings is 1. The van der Waals surface area contributed by atoms with Crippen molar-refractivity contribution in [2.75, 3.05) is 46.4 Å². The Morgan fingerprint density at radius 2 is 2.12 bits per heavy atom. The molecule has 1 unspecified atom stereocenters. The molecule has 0 amide bonds. The molecule has 2 aromatic rings. The van der Waals surface area contributed by atoms with E-state index >= 15 is 0 Å². The summed E-state index contributed by atoms with van der Waals surface area (Å²) >= 11 is 1.50. The SMILES string of the molecule is C#Cc1cc(C)ccc1C1N=C(c2nccs2)NC(CN2CCN(C)CC2)=C1C(=O)OCC. The van der Waals surface area contributed by atoms with Gasteiger partial charge in [-0.25, -0.2) is 9.78 Å². The van der Waals surface area contributed by atoms with E-state index in [0.29, 0.717) is 18.0 Å². The fourth-order valence-corrected chi connectivity index (χ4v) is 4.69. The minimum atomic E-state index is -0.571. The number of aryl methyl sites for hydroxylation is 1. The van der Waals surface area contributed by atoms with Crippen LogP contribution in [-0.2, 0) is 9.53 Å². The van der Waals surface area contributed by atoms with Crippen molar-refractivity contribution in [3.8, 4) is 12.3 Å². The fourth-order valence-electron chi connectivity index (χ4n) is 4.11. The number of esters is 1. The summed E-state index contributed by atoms with van der Waals surface area (Å²) in [5, 5.41) is 6.11. The predicted octanol–water partition coefficient (Wildman–Crippen LogP) is 2.59. The van der Waals surface area contributed by atoms with E-state index in [1.807, 2.05) is 37.4 Å². The van der Waals surface area contributed by atoms with Crippen LogP contribution >= 0.6 is 11.3 Å². The van der Waals surface area contributed by atoms with Crippen molar-refractivity contribution in [1.29, 1.82) is 0 Å². The van der Waals surface area contributed by atoms with Gasteiger partial charge in [-0.2, -0.15) is 0 Å². The molecular formula is C25H29N5O2S. The van der Waals surface area contributed by atoms with Gasteiger partial charge in [0.2, 0.25) is 0 Å². The van der Waals surface area contributed by atoms with E-state index in [1.165, 1.54) is 11.3 Å². The number of hydrogen-bond acceptors (Lipinski definition) is 8. The number of rotatable bonds is 6. The molecule has 1 fully saturated rings. The number of terminal acetylenes is 1. The van der Waals surface area contributed by atoms with Gasteiger partial charge in [-0.3, -0.25) is 9.89 Å². The van der Waals surface area contributed by atoms with E-state index in [0.717, 1.165) is 53.6 Å². The summed E-state index contributed by atoms with van der Waals surface area (Å²) in [5.74, 6) is 3.06. The van der Waals surface area contributed by atoms with Crippen LogP contribution in [0, 0.1) is 19.3 Å². The van der Waals surface area contributed by atoms with Crippen LogP contribution < -0.4 is 5.32 Å². The van der Waals surface area contributed by atoms with Crippen LogP contribution in [0.4, 0.5) is 0 Å². The highest BCUT2D eigenvalue weighted by Gasteiger charge is 2.34. The Morgan fingerprint density at radius 3 is 2.79 bits per heavy atom. The number of carbonyl (C=O) groups is 1. The van der Waals surface area contributed by atoms with Gasteiger partial charge in [0.15, 0.2) is 10.8 Å². The van der Waals surface area contributed by atoms with Crippen molar-refractivity contribution in [2.24, 2.45) is 4.99 Å². The maximum absolute atomic E-state index is 13.3. The number of ether oxygens (including phenoxy) is 1. The minimum Gasteiger partial charge on any atom is -0.463 e. The molecule has 1 N–H and O–H groups in total. The summed E-state index contributed by atoms with van der Waals surface area (Å²) in [6.07, 6.45) is 7.62. The molecule has 2 aliphatic rings. The van der Waals surface area contributed by atoms with Crippen LogP contribution in [0.5, 0.6) is 0 Å². The molecular weight excluding hydrogens is 434 g/mol. The number of nitrogens with one attached hydrogen (secondary N) is 1. The molecule has 8 heteroatoms. The standard InChI is InChI=1S/C25H29N5O2S/c1-5-18-15-17(3)7-8-19(18)22-21(25(31)32-6-2)20(16-30-12-10-29(4)11-13-30)27-23(28-22)24-26-9-14-33-24/h1,7-9,14-15,22H,6,10-13,16H2,2-4H3,(H,27,28). The molecule has 1 atom stereocenters. The Balaban J connectivity index is 1.82. The summed E-state index contributed by atoms with van der Waals surface area (Å²) in [4.78, 5) is 27.3. The van der Waals surface area contributed by atoms with E-state index in [2.05, 4.69) is 33.1 Å². The highest BCUT2D eigenvalue weighted by atomic mass is 32.1. The van der Waals surface area contributed by atoms with Gasteiger partial charge in [-0.05, 0) is 38.1 Å². The zero-order chi connectivity index (χ0) is 23.4. The first-order valence-corrected chi connectivity index (χ1v) is 12.0. The van der Waals surface area contributed by atoms with Gasteiger partial charge in [-0.1, -0.05) is 18.1 Å². The first kappa shape index (κ1) is 23.2. The third-order valence-electron chi connectivity index (χ3n) is 5.89. The number of carbonyl (C=O) groups excluding carboxylic acids is 1. The summed E-state index contributed by atoms with van der Waals surface area (Å²) in [6.45, 7) is 8.51. The van der Waals surface area contributed by atoms with Crippen molar-refractivity contribution >= 4 is 23.1 Å². The van der Waals surface area contributed by atoms with Crippen LogP contribution in [0.1, 0.15) is 34.7 Å². The first-order chi connectivity index (χ1) is 16.0. The summed E-state index contributed by atoms with van der Waals surface area (Å²) in [7, 11) is 2.13. The van der Waals surface area contributed by atoms with Gasteiger partial charge in [0, 0.05) is 55.6 Å². The molecule has 0 radical (unpaired) electrons. The molecule has 7 nitrogen and oxygen atoms in total. The molecule has 3 heterocycles. The Hall–Kier alpha value is -2.99. The highest BCUT2D eigenvalue weighted by molar-refractivity contribution is 7.11. The number of aromatic nitrogens is 1. The molecule has 0 saturated carbocycles. The lowest BCUT2D eigenvalue weighted by atomic mass is 9.91. The fraction of sp³-hybridized carbons (Fsp3) is 0.400. The maximum Gasteiger partial charge on any atom is 0.338 e. The van der Waals surface area contributed by atoms with E-state index in [9.17, 15) is 4.79 Å². The zero-order valence-electron chi connectivity index (χ0n) is 19.3. The molecule has 0 spiro atoms. The Bertz CT molecular complexity index is 1110. The molecule has 1 saturated heterocycles. The average molecular weight is 464 g/mol. The number of aliphatic imine (C=N–C) groups is 1. The van der Waals surface area contributed by atoms with Crippen LogP contribution in [0.25, 0.3) is 0 Å². The second kappa shape index (κ2) is 10.3. The number of likely N-dealkylation sites (N-methyl/N-ethyl adjacent to an activating group) is 1. The first-order valence-electron chi connectivity index (χ1n) is 11.1. The lowest BCUT2D eigenvalue weighted by Crippen LogP contribution is -2.47. The van der Waals surface area contributed by atoms with E-state index in [1.54, 1.807) is 6.20 Å². The van der Waals surface area contributed by atoms with Crippen LogP contribution in [0.3, 0.4) is 0 Å². The van der Waals surface area contributed by atoms with Gasteiger partial charge >= 0.3 is 5.97 Å². The molecule has 1 aromatic heterocycles. The smallest absolute Gasteiger partial charge is 0.338 e. The normalized spacial score (nSPS) is 19.6. The van der Waals surface area contributed by atoms with Crippen LogP contribution in [0.15, 0.2) is 46.0 Å². The molecule has 0 bridgehead atoms. The van der Waals surface area contributed by atoms with Crippen LogP contribution in [-0.4, -0.2) is 73.0 Å². The number of benzene rings is 1. The minimum absolute atomic E-state index is 0.287. The summed E-state index contributed by atoms with van der Waals surface area (Å²) in [6, 6.07) is 5.35. The lowest BCUT2D eigenvalue weighted by molar-refractivity contribution is -0.139. The van der Waals surface area contributed by atoms with Crippen molar-refractivity contribution in [3.63, 3.8) is 0 Å². The summed E-state index contributed by atoms with van der Waals surface area (Å²) in [5.41, 5.74) is 3.91. The average Bonchev–Trinajstić information content (AvgIpc) is 3.35.